The molecule has 20 heavy (non-hydrogen) atoms. The lowest BCUT2D eigenvalue weighted by Crippen LogP contribution is -2.13. The quantitative estimate of drug-likeness (QED) is 0.646. The summed E-state index contributed by atoms with van der Waals surface area (Å²) in [5.41, 5.74) is 0.230. The van der Waals surface area contributed by atoms with Gasteiger partial charge in [-0.25, -0.2) is 15.0 Å². The molecule has 1 aromatic carbocycles. The summed E-state index contributed by atoms with van der Waals surface area (Å²) in [5, 5.41) is -0.0816. The molecule has 3 aromatic rings. The molecule has 8 heteroatoms. The number of benzene rings is 1. The maximum atomic E-state index is 13.1. The predicted octanol–water partition coefficient (Wildman–Crippen LogP) is 3.49. The summed E-state index contributed by atoms with van der Waals surface area (Å²) in [6, 6.07) is 8.01. The summed E-state index contributed by atoms with van der Waals surface area (Å²) < 4.78 is 40.3. The summed E-state index contributed by atoms with van der Waals surface area (Å²) in [7, 11) is 0. The minimum Gasteiger partial charge on any atom is -0.284 e. The summed E-state index contributed by atoms with van der Waals surface area (Å²) in [6.07, 6.45) is -3.55. The molecule has 0 spiro atoms. The molecule has 2 aromatic heterocycles. The van der Waals surface area contributed by atoms with Crippen molar-refractivity contribution in [3.63, 3.8) is 0 Å². The average Bonchev–Trinajstić information content (AvgIpc) is 2.80. The summed E-state index contributed by atoms with van der Waals surface area (Å²) in [4.78, 5) is 11.0. The number of halogens is 4. The van der Waals surface area contributed by atoms with Gasteiger partial charge in [-0.3, -0.25) is 4.57 Å². The Hall–Kier alpha value is -2.15. The highest BCUT2D eigenvalue weighted by molar-refractivity contribution is 6.33. The van der Waals surface area contributed by atoms with Crippen LogP contribution in [0.15, 0.2) is 36.7 Å². The third-order valence-corrected chi connectivity index (χ3v) is 2.95. The third kappa shape index (κ3) is 2.00. The topological polar surface area (TPSA) is 43.6 Å². The fourth-order valence-corrected chi connectivity index (χ4v) is 2.11. The van der Waals surface area contributed by atoms with Gasteiger partial charge in [0.15, 0.2) is 10.8 Å². The van der Waals surface area contributed by atoms with Crippen LogP contribution in [-0.4, -0.2) is 19.5 Å². The summed E-state index contributed by atoms with van der Waals surface area (Å²) >= 11 is 5.90. The Morgan fingerprint density at radius 2 is 1.75 bits per heavy atom. The molecule has 0 atom stereocenters. The molecule has 4 nitrogen and oxygen atoms in total. The molecule has 0 saturated carbocycles. The van der Waals surface area contributed by atoms with Gasteiger partial charge in [-0.15, -0.1) is 0 Å². The van der Waals surface area contributed by atoms with E-state index in [9.17, 15) is 13.2 Å². The van der Waals surface area contributed by atoms with Gasteiger partial charge in [0, 0.05) is 5.69 Å². The molecule has 0 amide bonds. The predicted molar refractivity (Wildman–Crippen MR) is 66.7 cm³/mol. The molecule has 0 aliphatic carbocycles. The van der Waals surface area contributed by atoms with E-state index >= 15 is 0 Å². The first kappa shape index (κ1) is 12.9. The van der Waals surface area contributed by atoms with Crippen LogP contribution in [0.25, 0.3) is 16.9 Å². The molecule has 2 heterocycles. The van der Waals surface area contributed by atoms with E-state index < -0.39 is 12.0 Å². The van der Waals surface area contributed by atoms with Gasteiger partial charge in [0.2, 0.25) is 5.82 Å². The van der Waals surface area contributed by atoms with Crippen molar-refractivity contribution in [3.8, 4) is 5.69 Å². The Bertz CT molecular complexity index is 767. The number of alkyl halides is 3. The lowest BCUT2D eigenvalue weighted by atomic mass is 10.3. The highest BCUT2D eigenvalue weighted by Crippen LogP contribution is 2.34. The molecule has 0 bridgehead atoms. The van der Waals surface area contributed by atoms with E-state index in [1.165, 1.54) is 12.1 Å². The second kappa shape index (κ2) is 4.45. The van der Waals surface area contributed by atoms with Crippen molar-refractivity contribution in [2.45, 2.75) is 6.18 Å². The maximum absolute atomic E-state index is 13.1. The van der Waals surface area contributed by atoms with Gasteiger partial charge in [0.05, 0.1) is 0 Å². The monoisotopic (exact) mass is 298 g/mol. The first-order valence-electron chi connectivity index (χ1n) is 5.50. The van der Waals surface area contributed by atoms with Crippen LogP contribution in [0, 0.1) is 0 Å². The van der Waals surface area contributed by atoms with Crippen molar-refractivity contribution >= 4 is 22.8 Å². The number of hydrogen-bond donors (Lipinski definition) is 0. The van der Waals surface area contributed by atoms with Gasteiger partial charge in [-0.05, 0) is 12.1 Å². The fourth-order valence-electron chi connectivity index (χ4n) is 1.90. The smallest absolute Gasteiger partial charge is 0.284 e. The lowest BCUT2D eigenvalue weighted by Gasteiger charge is -2.11. The molecule has 0 saturated heterocycles. The van der Waals surface area contributed by atoms with Crippen LogP contribution in [0.5, 0.6) is 0 Å². The molecule has 0 N–H and O–H groups in total. The Labute approximate surface area is 115 Å². The van der Waals surface area contributed by atoms with E-state index in [2.05, 4.69) is 15.0 Å². The lowest BCUT2D eigenvalue weighted by molar-refractivity contribution is -0.145. The molecule has 3 rings (SSSR count). The van der Waals surface area contributed by atoms with Crippen LogP contribution in [-0.2, 0) is 6.18 Å². The highest BCUT2D eigenvalue weighted by Gasteiger charge is 2.39. The standard InChI is InChI=1S/C12H6ClF3N4/c13-9-8-10(18-6-17-9)19-11(12(14,15)16)20(8)7-4-2-1-3-5-7/h1-6H. The Kier molecular flexibility index (Phi) is 2.86. The van der Waals surface area contributed by atoms with E-state index in [-0.39, 0.29) is 16.3 Å². The number of aromatic nitrogens is 4. The van der Waals surface area contributed by atoms with Crippen LogP contribution >= 0.6 is 11.6 Å². The first-order chi connectivity index (χ1) is 9.48. The molecular formula is C12H6ClF3N4. The highest BCUT2D eigenvalue weighted by atomic mass is 35.5. The zero-order chi connectivity index (χ0) is 14.3. The molecule has 0 radical (unpaired) electrons. The minimum absolute atomic E-state index is 0.0349. The van der Waals surface area contributed by atoms with E-state index in [1.54, 1.807) is 18.2 Å². The van der Waals surface area contributed by atoms with Crippen molar-refractivity contribution in [1.29, 1.82) is 0 Å². The fraction of sp³-hybridized carbons (Fsp3) is 0.0833. The molecule has 0 aliphatic rings. The largest absolute Gasteiger partial charge is 0.450 e. The van der Waals surface area contributed by atoms with Gasteiger partial charge in [0.1, 0.15) is 11.8 Å². The maximum Gasteiger partial charge on any atom is 0.450 e. The zero-order valence-corrected chi connectivity index (χ0v) is 10.5. The number of hydrogen-bond acceptors (Lipinski definition) is 3. The zero-order valence-electron chi connectivity index (χ0n) is 9.76. The SMILES string of the molecule is FC(F)(F)c1nc2ncnc(Cl)c2n1-c1ccccc1. The Morgan fingerprint density at radius 1 is 1.05 bits per heavy atom. The second-order valence-electron chi connectivity index (χ2n) is 3.94. The Balaban J connectivity index is 2.43. The van der Waals surface area contributed by atoms with E-state index in [4.69, 9.17) is 11.6 Å². The molecule has 0 fully saturated rings. The van der Waals surface area contributed by atoms with Crippen molar-refractivity contribution < 1.29 is 13.2 Å². The molecular weight excluding hydrogens is 293 g/mol. The normalized spacial score (nSPS) is 12.0. The van der Waals surface area contributed by atoms with E-state index in [1.807, 2.05) is 0 Å². The summed E-state index contributed by atoms with van der Waals surface area (Å²) in [6.45, 7) is 0. The number of rotatable bonds is 1. The van der Waals surface area contributed by atoms with Crippen molar-refractivity contribution in [2.75, 3.05) is 0 Å². The van der Waals surface area contributed by atoms with E-state index in [0.717, 1.165) is 10.9 Å². The molecule has 0 aliphatic heterocycles. The van der Waals surface area contributed by atoms with Crippen molar-refractivity contribution in [3.05, 3.63) is 47.6 Å². The molecule has 102 valence electrons. The number of nitrogens with zero attached hydrogens (tertiary/aromatic N) is 4. The third-order valence-electron chi connectivity index (χ3n) is 2.67. The van der Waals surface area contributed by atoms with Gasteiger partial charge in [-0.2, -0.15) is 13.2 Å². The van der Waals surface area contributed by atoms with Crippen LogP contribution < -0.4 is 0 Å². The van der Waals surface area contributed by atoms with Crippen molar-refractivity contribution in [1.82, 2.24) is 19.5 Å². The van der Waals surface area contributed by atoms with Gasteiger partial charge < -0.3 is 0 Å². The van der Waals surface area contributed by atoms with E-state index in [0.29, 0.717) is 5.69 Å². The molecule has 0 unspecified atom stereocenters. The number of imidazole rings is 1. The van der Waals surface area contributed by atoms with Gasteiger partial charge in [-0.1, -0.05) is 29.8 Å². The van der Waals surface area contributed by atoms with Crippen LogP contribution in [0.2, 0.25) is 5.15 Å². The van der Waals surface area contributed by atoms with Crippen LogP contribution in [0.1, 0.15) is 5.82 Å². The van der Waals surface area contributed by atoms with Crippen LogP contribution in [0.4, 0.5) is 13.2 Å². The van der Waals surface area contributed by atoms with Crippen molar-refractivity contribution in [2.24, 2.45) is 0 Å². The van der Waals surface area contributed by atoms with Gasteiger partial charge >= 0.3 is 6.18 Å². The van der Waals surface area contributed by atoms with Gasteiger partial charge in [0.25, 0.3) is 0 Å². The number of para-hydroxylation sites is 1. The van der Waals surface area contributed by atoms with Crippen LogP contribution in [0.3, 0.4) is 0 Å². The number of fused-ring (bicyclic) bond motifs is 1. The minimum atomic E-state index is -4.63. The average molecular weight is 299 g/mol. The second-order valence-corrected chi connectivity index (χ2v) is 4.30. The Morgan fingerprint density at radius 3 is 2.40 bits per heavy atom. The summed E-state index contributed by atoms with van der Waals surface area (Å²) in [5.74, 6) is -1.08. The first-order valence-corrected chi connectivity index (χ1v) is 5.88.